The van der Waals surface area contributed by atoms with E-state index in [0.29, 0.717) is 12.1 Å². The van der Waals surface area contributed by atoms with Gasteiger partial charge >= 0.3 is 5.97 Å². The third-order valence-electron chi connectivity index (χ3n) is 5.89. The van der Waals surface area contributed by atoms with Gasteiger partial charge in [0.25, 0.3) is 0 Å². The molecule has 4 nitrogen and oxygen atoms in total. The Kier molecular flexibility index (Phi) is 4.84. The minimum atomic E-state index is -1.03. The van der Waals surface area contributed by atoms with E-state index in [-0.39, 0.29) is 23.6 Å². The zero-order valence-electron chi connectivity index (χ0n) is 15.1. The topological polar surface area (TPSA) is 59.2 Å². The van der Waals surface area contributed by atoms with Crippen molar-refractivity contribution in [1.82, 2.24) is 4.98 Å². The Hall–Kier alpha value is -1.58. The number of Topliss-reactive ketones (excluding diaryl/α,β-unsaturated/α-hetero) is 1. The number of rotatable bonds is 2. The molecule has 0 saturated heterocycles. The van der Waals surface area contributed by atoms with Crippen molar-refractivity contribution >= 4 is 11.8 Å². The van der Waals surface area contributed by atoms with Gasteiger partial charge in [0.2, 0.25) is 0 Å². The summed E-state index contributed by atoms with van der Waals surface area (Å²) in [5, 5.41) is 0. The van der Waals surface area contributed by atoms with Gasteiger partial charge in [-0.25, -0.2) is 0 Å². The molecular formula is C20H29NO3. The van der Waals surface area contributed by atoms with E-state index in [0.717, 1.165) is 36.9 Å². The van der Waals surface area contributed by atoms with Crippen molar-refractivity contribution in [3.63, 3.8) is 0 Å². The van der Waals surface area contributed by atoms with Crippen LogP contribution in [0.25, 0.3) is 0 Å². The minimum absolute atomic E-state index is 0.0476. The van der Waals surface area contributed by atoms with E-state index in [1.54, 1.807) is 0 Å². The average Bonchev–Trinajstić information content (AvgIpc) is 3.06. The van der Waals surface area contributed by atoms with Gasteiger partial charge in [-0.2, -0.15) is 0 Å². The second-order valence-electron chi connectivity index (χ2n) is 7.76. The summed E-state index contributed by atoms with van der Waals surface area (Å²) in [6, 6.07) is 2.14. The normalized spacial score (nSPS) is 27.7. The van der Waals surface area contributed by atoms with Crippen molar-refractivity contribution in [3.05, 3.63) is 23.0 Å². The summed E-state index contributed by atoms with van der Waals surface area (Å²) < 4.78 is 5.14. The first-order valence-corrected chi connectivity index (χ1v) is 9.37. The lowest BCUT2D eigenvalue weighted by atomic mass is 9.67. The number of nitrogens with one attached hydrogen (secondary N) is 1. The van der Waals surface area contributed by atoms with Crippen molar-refractivity contribution < 1.29 is 14.3 Å². The molecule has 0 fully saturated rings. The molecule has 0 radical (unpaired) electrons. The molecule has 0 amide bonds. The number of hydrogen-bond acceptors (Lipinski definition) is 3. The number of ketones is 1. The minimum Gasteiger partial charge on any atom is -0.468 e. The molecule has 1 aromatic rings. The maximum Gasteiger partial charge on any atom is 0.320 e. The standard InChI is InChI=1S/C20H29NO3/c1-13(2)16-15-12-14-10-8-6-4-5-7-9-11-20(16,19(23)24-3)18(22)17(15)21-14/h12-13,16,21H,4-11H2,1-3H3/t16-,20-/m0/s1. The Morgan fingerprint density at radius 1 is 1.21 bits per heavy atom. The van der Waals surface area contributed by atoms with E-state index >= 15 is 0 Å². The summed E-state index contributed by atoms with van der Waals surface area (Å²) in [6.07, 6.45) is 8.35. The lowest BCUT2D eigenvalue weighted by molar-refractivity contribution is -0.151. The Balaban J connectivity index is 2.10. The zero-order valence-corrected chi connectivity index (χ0v) is 15.1. The van der Waals surface area contributed by atoms with E-state index < -0.39 is 5.41 Å². The van der Waals surface area contributed by atoms with Crippen molar-refractivity contribution in [3.8, 4) is 0 Å². The highest BCUT2D eigenvalue weighted by atomic mass is 16.5. The average molecular weight is 331 g/mol. The van der Waals surface area contributed by atoms with Gasteiger partial charge in [-0.15, -0.1) is 0 Å². The van der Waals surface area contributed by atoms with Gasteiger partial charge in [0, 0.05) is 11.6 Å². The lowest BCUT2D eigenvalue weighted by Gasteiger charge is -2.34. The monoisotopic (exact) mass is 331 g/mol. The zero-order chi connectivity index (χ0) is 17.3. The molecule has 2 aliphatic carbocycles. The fourth-order valence-electron chi connectivity index (χ4n) is 4.85. The SMILES string of the molecule is COC(=O)[C@]12CCCCCCCCc3cc(c([nH]3)C1=O)[C@@H]2C(C)C. The van der Waals surface area contributed by atoms with Gasteiger partial charge in [-0.05, 0) is 36.8 Å². The summed E-state index contributed by atoms with van der Waals surface area (Å²) in [7, 11) is 1.40. The Labute approximate surface area is 144 Å². The third-order valence-corrected chi connectivity index (χ3v) is 5.89. The molecule has 2 heterocycles. The van der Waals surface area contributed by atoms with Crippen molar-refractivity contribution in [2.45, 2.75) is 71.1 Å². The van der Waals surface area contributed by atoms with Gasteiger partial charge in [0.15, 0.2) is 5.78 Å². The van der Waals surface area contributed by atoms with Gasteiger partial charge in [-0.3, -0.25) is 9.59 Å². The van der Waals surface area contributed by atoms with E-state index in [2.05, 4.69) is 24.9 Å². The summed E-state index contributed by atoms with van der Waals surface area (Å²) in [4.78, 5) is 29.5. The number of ether oxygens (including phenoxy) is 1. The van der Waals surface area contributed by atoms with Crippen LogP contribution in [0.5, 0.6) is 0 Å². The van der Waals surface area contributed by atoms with Crippen LogP contribution in [0.2, 0.25) is 0 Å². The molecule has 1 N–H and O–H groups in total. The summed E-state index contributed by atoms with van der Waals surface area (Å²) in [5.74, 6) is -0.276. The molecule has 3 aliphatic rings. The Morgan fingerprint density at radius 3 is 2.54 bits per heavy atom. The van der Waals surface area contributed by atoms with Crippen molar-refractivity contribution in [1.29, 1.82) is 0 Å². The van der Waals surface area contributed by atoms with Gasteiger partial charge in [0.05, 0.1) is 12.8 Å². The summed E-state index contributed by atoms with van der Waals surface area (Å²) >= 11 is 0. The number of carbonyl (C=O) groups is 2. The van der Waals surface area contributed by atoms with Crippen LogP contribution < -0.4 is 0 Å². The smallest absolute Gasteiger partial charge is 0.320 e. The van der Waals surface area contributed by atoms with Crippen LogP contribution in [0.4, 0.5) is 0 Å². The molecule has 4 bridgehead atoms. The number of aromatic nitrogens is 1. The highest BCUT2D eigenvalue weighted by molar-refractivity contribution is 6.16. The first-order valence-electron chi connectivity index (χ1n) is 9.37. The van der Waals surface area contributed by atoms with Crippen LogP contribution in [0.3, 0.4) is 0 Å². The fraction of sp³-hybridized carbons (Fsp3) is 0.700. The first kappa shape index (κ1) is 17.2. The molecule has 2 atom stereocenters. The predicted octanol–water partition coefficient (Wildman–Crippen LogP) is 4.40. The first-order chi connectivity index (χ1) is 11.5. The molecule has 1 aromatic heterocycles. The molecule has 0 spiro atoms. The van der Waals surface area contributed by atoms with E-state index in [4.69, 9.17) is 4.74 Å². The molecule has 0 unspecified atom stereocenters. The number of methoxy groups -OCH3 is 1. The van der Waals surface area contributed by atoms with Crippen LogP contribution >= 0.6 is 0 Å². The number of esters is 1. The van der Waals surface area contributed by atoms with Gasteiger partial charge in [0.1, 0.15) is 5.41 Å². The van der Waals surface area contributed by atoms with Gasteiger partial charge in [-0.1, -0.05) is 46.0 Å². The predicted molar refractivity (Wildman–Crippen MR) is 93.2 cm³/mol. The molecule has 0 saturated carbocycles. The molecular weight excluding hydrogens is 302 g/mol. The van der Waals surface area contributed by atoms with Crippen molar-refractivity contribution in [2.75, 3.05) is 7.11 Å². The van der Waals surface area contributed by atoms with Crippen LogP contribution in [0.15, 0.2) is 6.07 Å². The van der Waals surface area contributed by atoms with Crippen LogP contribution in [-0.2, 0) is 16.0 Å². The number of carbonyl (C=O) groups excluding carboxylic acids is 2. The molecule has 0 aromatic carbocycles. The number of aromatic amines is 1. The highest BCUT2D eigenvalue weighted by Gasteiger charge is 2.60. The largest absolute Gasteiger partial charge is 0.468 e. The fourth-order valence-corrected chi connectivity index (χ4v) is 4.85. The Bertz CT molecular complexity index is 631. The molecule has 24 heavy (non-hydrogen) atoms. The number of H-pyrrole nitrogens is 1. The summed E-state index contributed by atoms with van der Waals surface area (Å²) in [5.41, 5.74) is 1.80. The van der Waals surface area contributed by atoms with E-state index in [9.17, 15) is 9.59 Å². The van der Waals surface area contributed by atoms with Crippen LogP contribution in [0.1, 0.15) is 86.5 Å². The molecule has 4 rings (SSSR count). The van der Waals surface area contributed by atoms with Crippen LogP contribution in [-0.4, -0.2) is 23.8 Å². The summed E-state index contributed by atoms with van der Waals surface area (Å²) in [6.45, 7) is 4.21. The number of hydrogen-bond donors (Lipinski definition) is 1. The second-order valence-corrected chi connectivity index (χ2v) is 7.76. The van der Waals surface area contributed by atoms with E-state index in [1.807, 2.05) is 0 Å². The highest BCUT2D eigenvalue weighted by Crippen LogP contribution is 2.54. The Morgan fingerprint density at radius 2 is 1.88 bits per heavy atom. The maximum absolute atomic E-state index is 13.3. The molecule has 4 heteroatoms. The molecule has 132 valence electrons. The number of aryl methyl sites for hydroxylation is 1. The van der Waals surface area contributed by atoms with Crippen molar-refractivity contribution in [2.24, 2.45) is 11.3 Å². The van der Waals surface area contributed by atoms with Gasteiger partial charge < -0.3 is 9.72 Å². The maximum atomic E-state index is 13.3. The van der Waals surface area contributed by atoms with E-state index in [1.165, 1.54) is 26.4 Å². The molecule has 1 aliphatic heterocycles. The quantitative estimate of drug-likeness (QED) is 0.645. The number of fused-ring (bicyclic) bond motifs is 7. The lowest BCUT2D eigenvalue weighted by Crippen LogP contribution is -2.43. The third kappa shape index (κ3) is 2.60. The van der Waals surface area contributed by atoms with Crippen LogP contribution in [0, 0.1) is 11.3 Å². The second kappa shape index (κ2) is 6.73.